The van der Waals surface area contributed by atoms with Gasteiger partial charge < -0.3 is 74.0 Å². The molecule has 0 amide bonds. The predicted octanol–water partition coefficient (Wildman–Crippen LogP) is 1.07. The molecule has 8 N–H and O–H groups in total. The summed E-state index contributed by atoms with van der Waals surface area (Å²) in [5, 5.41) is 87.7. The summed E-state index contributed by atoms with van der Waals surface area (Å²) in [6, 6.07) is 3.67. The normalized spacial score (nSPS) is 40.7. The van der Waals surface area contributed by atoms with Crippen molar-refractivity contribution >= 4 is 28.1 Å². The van der Waals surface area contributed by atoms with Crippen molar-refractivity contribution in [2.75, 3.05) is 7.11 Å². The van der Waals surface area contributed by atoms with E-state index in [0.717, 1.165) is 13.0 Å². The van der Waals surface area contributed by atoms with Gasteiger partial charge in [-0.2, -0.15) is 0 Å². The highest BCUT2D eigenvalue weighted by Gasteiger charge is 2.65. The van der Waals surface area contributed by atoms with Crippen molar-refractivity contribution in [3.8, 4) is 17.2 Å². The SMILES string of the molecule is CO[C@@H]1C(=O)C(C(C)=O)=C(O)[C@@]2(O[C@H]3C[C@@H](O[C@H]4C[C@@H](O[C@H]5C[C@](C)(O)[C@H](O)[C@@H](C)O5)[C@H](O)[C@@H](C)O4)[C@H](O)[C@@H](C)O3)C(=O)c3c(cc4cc(O)cc(O)c4c3O)C[C@@H]12. The number of phenols is 3. The second-order valence-corrected chi connectivity index (χ2v) is 16.2. The molecule has 2 aliphatic carbocycles. The van der Waals surface area contributed by atoms with Crippen LogP contribution in [0.25, 0.3) is 10.8 Å². The van der Waals surface area contributed by atoms with Crippen LogP contribution < -0.4 is 0 Å². The van der Waals surface area contributed by atoms with Gasteiger partial charge in [-0.3, -0.25) is 14.4 Å². The van der Waals surface area contributed by atoms with Gasteiger partial charge in [0, 0.05) is 38.4 Å². The second-order valence-electron chi connectivity index (χ2n) is 16.2. The number of rotatable bonds is 8. The van der Waals surface area contributed by atoms with E-state index in [1.54, 1.807) is 13.8 Å². The Morgan fingerprint density at radius 3 is 2.03 bits per heavy atom. The first-order chi connectivity index (χ1) is 27.2. The molecular weight excluding hydrogens is 768 g/mol. The number of aliphatic hydroxyl groups excluding tert-OH is 4. The van der Waals surface area contributed by atoms with Gasteiger partial charge >= 0.3 is 0 Å². The molecule has 0 spiro atoms. The Morgan fingerprint density at radius 1 is 0.845 bits per heavy atom. The highest BCUT2D eigenvalue weighted by atomic mass is 16.7. The van der Waals surface area contributed by atoms with Gasteiger partial charge in [0.2, 0.25) is 5.78 Å². The molecule has 58 heavy (non-hydrogen) atoms. The number of aromatic hydroxyl groups is 3. The molecule has 3 heterocycles. The van der Waals surface area contributed by atoms with E-state index in [1.165, 1.54) is 33.1 Å². The van der Waals surface area contributed by atoms with Gasteiger partial charge in [0.15, 0.2) is 36.0 Å². The van der Waals surface area contributed by atoms with E-state index in [-0.39, 0.29) is 53.3 Å². The Hall–Kier alpha value is -3.79. The summed E-state index contributed by atoms with van der Waals surface area (Å²) in [5.74, 6) is -6.85. The fourth-order valence-electron chi connectivity index (χ4n) is 9.18. The van der Waals surface area contributed by atoms with Gasteiger partial charge in [-0.25, -0.2) is 0 Å². The summed E-state index contributed by atoms with van der Waals surface area (Å²) in [4.78, 5) is 41.7. The third kappa shape index (κ3) is 6.96. The fraction of sp³-hybridized carbons (Fsp3) is 0.625. The number of carbonyl (C=O) groups excluding carboxylic acids is 3. The lowest BCUT2D eigenvalue weighted by Crippen LogP contribution is -2.65. The Morgan fingerprint density at radius 2 is 1.43 bits per heavy atom. The molecule has 2 aromatic carbocycles. The van der Waals surface area contributed by atoms with E-state index in [4.69, 9.17) is 33.2 Å². The lowest BCUT2D eigenvalue weighted by molar-refractivity contribution is -0.337. The van der Waals surface area contributed by atoms with Crippen molar-refractivity contribution in [2.45, 2.75) is 145 Å². The van der Waals surface area contributed by atoms with Crippen LogP contribution >= 0.6 is 0 Å². The lowest BCUT2D eigenvalue weighted by atomic mass is 9.62. The summed E-state index contributed by atoms with van der Waals surface area (Å²) in [6.45, 7) is 7.14. The average Bonchev–Trinajstić information content (AvgIpc) is 3.12. The Labute approximate surface area is 332 Å². The van der Waals surface area contributed by atoms with Crippen molar-refractivity contribution in [2.24, 2.45) is 5.92 Å². The van der Waals surface area contributed by atoms with Gasteiger partial charge in [0.05, 0.1) is 47.1 Å². The van der Waals surface area contributed by atoms with Crippen molar-refractivity contribution in [3.05, 3.63) is 40.7 Å². The first-order valence-electron chi connectivity index (χ1n) is 19.2. The molecule has 0 unspecified atom stereocenters. The summed E-state index contributed by atoms with van der Waals surface area (Å²) >= 11 is 0. The standard InChI is InChI=1S/C40H50O18/c1-14(41)28-34(47)35(52-6)21-9-19-7-18-8-20(42)10-22(43)29(18)33(46)30(19)38(50)40(21,37(28)49)58-26-12-24(32(45)16(3)54-26)56-25-11-23(31(44)15(2)53-25)57-27-13-39(5,51)36(48)17(4)55-27/h7-8,10,15-17,21,23-27,31-32,35-36,42-46,48-49,51H,9,11-13H2,1-6H3/t15-,16-,17-,21+,23-,24-,25+,26+,27+,31-,32-,35+,36-,39+,40-/m1/s1. The third-order valence-corrected chi connectivity index (χ3v) is 12.2. The van der Waals surface area contributed by atoms with Crippen molar-refractivity contribution in [1.29, 1.82) is 0 Å². The maximum Gasteiger partial charge on any atom is 0.207 e. The summed E-state index contributed by atoms with van der Waals surface area (Å²) in [5.41, 5.74) is -5.10. The molecule has 0 bridgehead atoms. The molecule has 3 fully saturated rings. The highest BCUT2D eigenvalue weighted by Crippen LogP contribution is 2.52. The molecule has 18 nitrogen and oxygen atoms in total. The fourth-order valence-corrected chi connectivity index (χ4v) is 9.18. The van der Waals surface area contributed by atoms with Crippen molar-refractivity contribution < 1.29 is 88.4 Å². The topological polar surface area (TPSA) is 278 Å². The predicted molar refractivity (Wildman–Crippen MR) is 196 cm³/mol. The second kappa shape index (κ2) is 15.3. The number of hydrogen-bond donors (Lipinski definition) is 8. The molecule has 18 heteroatoms. The smallest absolute Gasteiger partial charge is 0.207 e. The van der Waals surface area contributed by atoms with Crippen LogP contribution in [0.3, 0.4) is 0 Å². The van der Waals surface area contributed by atoms with E-state index in [9.17, 15) is 50.4 Å². The number of ether oxygens (including phenoxy) is 7. The number of phenolic OH excluding ortho intramolecular Hbond substituents is 3. The largest absolute Gasteiger partial charge is 0.508 e. The molecule has 7 rings (SSSR count). The van der Waals surface area contributed by atoms with Crippen LogP contribution in [-0.2, 0) is 49.2 Å². The summed E-state index contributed by atoms with van der Waals surface area (Å²) in [6.07, 6.45) is -14.2. The van der Waals surface area contributed by atoms with Gasteiger partial charge in [-0.15, -0.1) is 0 Å². The number of Topliss-reactive ketones (excluding diaryl/α,β-unsaturated/α-hetero) is 3. The van der Waals surface area contributed by atoms with Crippen molar-refractivity contribution in [1.82, 2.24) is 0 Å². The Bertz CT molecular complexity index is 2010. The molecule has 0 aromatic heterocycles. The van der Waals surface area contributed by atoms with E-state index in [0.29, 0.717) is 0 Å². The monoisotopic (exact) mass is 818 g/mol. The molecule has 2 aromatic rings. The first-order valence-corrected chi connectivity index (χ1v) is 19.2. The van der Waals surface area contributed by atoms with Gasteiger partial charge in [0.1, 0.15) is 53.0 Å². The molecule has 318 valence electrons. The molecule has 15 atom stereocenters. The van der Waals surface area contributed by atoms with Crippen LogP contribution in [0.15, 0.2) is 29.5 Å². The van der Waals surface area contributed by atoms with E-state index >= 15 is 4.79 Å². The Balaban J connectivity index is 1.21. The zero-order chi connectivity index (χ0) is 42.3. The summed E-state index contributed by atoms with van der Waals surface area (Å²) < 4.78 is 42.1. The molecule has 3 aliphatic heterocycles. The minimum absolute atomic E-state index is 0.0727. The van der Waals surface area contributed by atoms with E-state index in [1.807, 2.05) is 0 Å². The lowest BCUT2D eigenvalue weighted by Gasteiger charge is -2.50. The minimum atomic E-state index is -2.59. The maximum absolute atomic E-state index is 15.0. The highest BCUT2D eigenvalue weighted by molar-refractivity contribution is 6.25. The maximum atomic E-state index is 15.0. The summed E-state index contributed by atoms with van der Waals surface area (Å²) in [7, 11) is 1.19. The zero-order valence-corrected chi connectivity index (χ0v) is 32.7. The van der Waals surface area contributed by atoms with E-state index in [2.05, 4.69) is 0 Å². The van der Waals surface area contributed by atoms with Crippen molar-refractivity contribution in [3.63, 3.8) is 0 Å². The van der Waals surface area contributed by atoms with Crippen LogP contribution in [0, 0.1) is 5.92 Å². The minimum Gasteiger partial charge on any atom is -0.508 e. The third-order valence-electron chi connectivity index (χ3n) is 12.2. The number of aliphatic hydroxyl groups is 5. The molecular formula is C40H50O18. The van der Waals surface area contributed by atoms with Crippen LogP contribution in [0.5, 0.6) is 17.2 Å². The molecule has 0 saturated carbocycles. The van der Waals surface area contributed by atoms with Crippen LogP contribution in [-0.4, -0.2) is 150 Å². The van der Waals surface area contributed by atoms with Crippen LogP contribution in [0.4, 0.5) is 0 Å². The van der Waals surface area contributed by atoms with Gasteiger partial charge in [-0.1, -0.05) is 0 Å². The average molecular weight is 819 g/mol. The van der Waals surface area contributed by atoms with E-state index < -0.39 is 131 Å². The molecule has 0 radical (unpaired) electrons. The van der Waals surface area contributed by atoms with Gasteiger partial charge in [0.25, 0.3) is 0 Å². The quantitative estimate of drug-likeness (QED) is 0.173. The first kappa shape index (κ1) is 42.3. The molecule has 3 saturated heterocycles. The van der Waals surface area contributed by atoms with Crippen LogP contribution in [0.2, 0.25) is 0 Å². The number of fused-ring (bicyclic) bond motifs is 3. The number of ketones is 3. The number of carbonyl (C=O) groups is 3. The van der Waals surface area contributed by atoms with Crippen LogP contribution in [0.1, 0.15) is 69.8 Å². The number of methoxy groups -OCH3 is 1. The number of hydrogen-bond acceptors (Lipinski definition) is 18. The number of benzene rings is 2. The molecule has 5 aliphatic rings. The van der Waals surface area contributed by atoms with Gasteiger partial charge in [-0.05, 0) is 64.1 Å². The zero-order valence-electron chi connectivity index (χ0n) is 32.7. The Kier molecular flexibility index (Phi) is 11.2.